The van der Waals surface area contributed by atoms with Gasteiger partial charge in [-0.25, -0.2) is 0 Å². The van der Waals surface area contributed by atoms with E-state index in [1.165, 1.54) is 0 Å². The Morgan fingerprint density at radius 1 is 1.33 bits per heavy atom. The van der Waals surface area contributed by atoms with Gasteiger partial charge in [0.25, 0.3) is 0 Å². The number of aromatic nitrogens is 2. The minimum absolute atomic E-state index is 0.0425. The highest BCUT2D eigenvalue weighted by Crippen LogP contribution is 2.28. The molecule has 1 unspecified atom stereocenters. The first-order chi connectivity index (χ1) is 10.1. The van der Waals surface area contributed by atoms with Crippen LogP contribution in [0.1, 0.15) is 30.6 Å². The van der Waals surface area contributed by atoms with Gasteiger partial charge in [0.15, 0.2) is 0 Å². The number of hydrogen-bond donors (Lipinski definition) is 1. The van der Waals surface area contributed by atoms with Gasteiger partial charge in [-0.3, -0.25) is 14.8 Å². The Balaban J connectivity index is 2.32. The second-order valence-electron chi connectivity index (χ2n) is 4.93. The smallest absolute Gasteiger partial charge is 0.305 e. The normalized spacial score (nSPS) is 11.9. The number of anilines is 1. The van der Waals surface area contributed by atoms with Crippen LogP contribution in [0.5, 0.6) is 0 Å². The van der Waals surface area contributed by atoms with Gasteiger partial charge >= 0.3 is 5.97 Å². The van der Waals surface area contributed by atoms with E-state index in [2.05, 4.69) is 14.9 Å². The Bertz CT molecular complexity index is 601. The summed E-state index contributed by atoms with van der Waals surface area (Å²) >= 11 is 0. The van der Waals surface area contributed by atoms with E-state index >= 15 is 0 Å². The van der Waals surface area contributed by atoms with Crippen LogP contribution in [0.25, 0.3) is 0 Å². The first-order valence-electron chi connectivity index (χ1n) is 6.89. The topological polar surface area (TPSA) is 66.3 Å². The monoisotopic (exact) mass is 285 g/mol. The van der Waals surface area contributed by atoms with Crippen LogP contribution in [0, 0.1) is 6.92 Å². The van der Waals surface area contributed by atoms with Crippen molar-refractivity contribution >= 4 is 11.7 Å². The summed E-state index contributed by atoms with van der Waals surface area (Å²) in [5.41, 5.74) is 2.96. The van der Waals surface area contributed by atoms with Crippen LogP contribution < -0.4 is 4.90 Å². The van der Waals surface area contributed by atoms with Crippen LogP contribution in [0.2, 0.25) is 0 Å². The van der Waals surface area contributed by atoms with E-state index in [0.29, 0.717) is 6.54 Å². The van der Waals surface area contributed by atoms with Gasteiger partial charge in [-0.1, -0.05) is 18.2 Å². The van der Waals surface area contributed by atoms with Gasteiger partial charge in [0.1, 0.15) is 0 Å². The van der Waals surface area contributed by atoms with Crippen molar-refractivity contribution in [2.24, 2.45) is 0 Å². The number of para-hydroxylation sites is 1. The van der Waals surface area contributed by atoms with Gasteiger partial charge in [0, 0.05) is 24.6 Å². The molecule has 0 bridgehead atoms. The average Bonchev–Trinajstić information content (AvgIpc) is 2.49. The largest absolute Gasteiger partial charge is 0.481 e. The molecule has 21 heavy (non-hydrogen) atoms. The van der Waals surface area contributed by atoms with Crippen molar-refractivity contribution in [2.75, 3.05) is 11.4 Å². The van der Waals surface area contributed by atoms with Crippen LogP contribution in [-0.4, -0.2) is 27.6 Å². The molecule has 0 aliphatic carbocycles. The summed E-state index contributed by atoms with van der Waals surface area (Å²) < 4.78 is 0. The third-order valence-corrected chi connectivity index (χ3v) is 3.47. The molecule has 0 spiro atoms. The molecular formula is C16H19N3O2. The number of aliphatic carboxylic acids is 1. The molecule has 5 heteroatoms. The molecule has 0 aliphatic rings. The lowest BCUT2D eigenvalue weighted by Crippen LogP contribution is -2.30. The molecule has 2 aromatic rings. The minimum atomic E-state index is -0.806. The number of nitrogens with zero attached hydrogens (tertiary/aromatic N) is 3. The van der Waals surface area contributed by atoms with Crippen LogP contribution in [0.4, 0.5) is 5.69 Å². The summed E-state index contributed by atoms with van der Waals surface area (Å²) in [6, 6.07) is 7.91. The van der Waals surface area contributed by atoms with Gasteiger partial charge in [-0.05, 0) is 25.5 Å². The van der Waals surface area contributed by atoms with E-state index in [4.69, 9.17) is 5.11 Å². The molecule has 0 aliphatic heterocycles. The summed E-state index contributed by atoms with van der Waals surface area (Å²) in [5, 5.41) is 8.98. The molecular weight excluding hydrogens is 266 g/mol. The number of rotatable bonds is 6. The Hall–Kier alpha value is -2.43. The van der Waals surface area contributed by atoms with Crippen LogP contribution in [-0.2, 0) is 4.79 Å². The molecule has 5 nitrogen and oxygen atoms in total. The van der Waals surface area contributed by atoms with E-state index < -0.39 is 5.97 Å². The van der Waals surface area contributed by atoms with Gasteiger partial charge < -0.3 is 10.0 Å². The quantitative estimate of drug-likeness (QED) is 0.884. The van der Waals surface area contributed by atoms with Gasteiger partial charge in [0.2, 0.25) is 0 Å². The summed E-state index contributed by atoms with van der Waals surface area (Å²) in [5.74, 6) is -0.806. The maximum atomic E-state index is 10.9. The lowest BCUT2D eigenvalue weighted by molar-refractivity contribution is -0.136. The molecule has 1 heterocycles. The first kappa shape index (κ1) is 15.0. The maximum Gasteiger partial charge on any atom is 0.305 e. The first-order valence-corrected chi connectivity index (χ1v) is 6.89. The van der Waals surface area contributed by atoms with E-state index in [1.807, 2.05) is 38.1 Å². The minimum Gasteiger partial charge on any atom is -0.481 e. The highest BCUT2D eigenvalue weighted by Gasteiger charge is 2.19. The molecule has 1 N–H and O–H groups in total. The Morgan fingerprint density at radius 3 is 2.71 bits per heavy atom. The summed E-state index contributed by atoms with van der Waals surface area (Å²) in [6.45, 7) is 4.46. The number of benzene rings is 1. The maximum absolute atomic E-state index is 10.9. The van der Waals surface area contributed by atoms with Crippen molar-refractivity contribution in [3.63, 3.8) is 0 Å². The third-order valence-electron chi connectivity index (χ3n) is 3.47. The number of aryl methyl sites for hydroxylation is 1. The Morgan fingerprint density at radius 2 is 2.10 bits per heavy atom. The zero-order valence-corrected chi connectivity index (χ0v) is 12.2. The lowest BCUT2D eigenvalue weighted by Gasteiger charge is -2.31. The van der Waals surface area contributed by atoms with Gasteiger partial charge in [-0.15, -0.1) is 0 Å². The van der Waals surface area contributed by atoms with E-state index in [9.17, 15) is 4.79 Å². The zero-order valence-electron chi connectivity index (χ0n) is 12.2. The summed E-state index contributed by atoms with van der Waals surface area (Å²) in [6.07, 6.45) is 5.08. The van der Waals surface area contributed by atoms with Crippen molar-refractivity contribution in [2.45, 2.75) is 26.3 Å². The number of carboxylic acid groups (broad SMARTS) is 1. The van der Waals surface area contributed by atoms with Crippen molar-refractivity contribution in [3.8, 4) is 0 Å². The lowest BCUT2D eigenvalue weighted by atomic mass is 10.1. The Labute approximate surface area is 124 Å². The fourth-order valence-corrected chi connectivity index (χ4v) is 2.31. The number of hydrogen-bond acceptors (Lipinski definition) is 4. The van der Waals surface area contributed by atoms with Crippen molar-refractivity contribution in [1.82, 2.24) is 9.97 Å². The molecule has 0 saturated carbocycles. The highest BCUT2D eigenvalue weighted by atomic mass is 16.4. The zero-order chi connectivity index (χ0) is 15.2. The fourth-order valence-electron chi connectivity index (χ4n) is 2.31. The second-order valence-corrected chi connectivity index (χ2v) is 4.93. The van der Waals surface area contributed by atoms with E-state index in [1.54, 1.807) is 18.6 Å². The predicted molar refractivity (Wildman–Crippen MR) is 81.2 cm³/mol. The molecule has 0 radical (unpaired) electrons. The van der Waals surface area contributed by atoms with Crippen LogP contribution in [0.15, 0.2) is 42.9 Å². The number of carboxylic acids is 1. The molecule has 1 aromatic carbocycles. The molecule has 2 rings (SSSR count). The molecule has 1 atom stereocenters. The third kappa shape index (κ3) is 3.78. The highest BCUT2D eigenvalue weighted by molar-refractivity contribution is 5.68. The average molecular weight is 285 g/mol. The molecule has 0 fully saturated rings. The van der Waals surface area contributed by atoms with Crippen molar-refractivity contribution < 1.29 is 9.90 Å². The molecule has 1 aromatic heterocycles. The fraction of sp³-hybridized carbons (Fsp3) is 0.312. The van der Waals surface area contributed by atoms with Crippen molar-refractivity contribution in [1.29, 1.82) is 0 Å². The van der Waals surface area contributed by atoms with Crippen LogP contribution >= 0.6 is 0 Å². The van der Waals surface area contributed by atoms with Gasteiger partial charge in [-0.2, -0.15) is 0 Å². The second kappa shape index (κ2) is 6.83. The summed E-state index contributed by atoms with van der Waals surface area (Å²) in [7, 11) is 0. The summed E-state index contributed by atoms with van der Waals surface area (Å²) in [4.78, 5) is 21.4. The SMILES string of the molecule is Cc1ccccc1N(CCC(=O)O)C(C)c1cnccn1. The van der Waals surface area contributed by atoms with Crippen LogP contribution in [0.3, 0.4) is 0 Å². The molecule has 110 valence electrons. The standard InChI is InChI=1S/C16H19N3O2/c1-12-5-3-4-6-15(12)19(10-7-16(20)21)13(2)14-11-17-8-9-18-14/h3-6,8-9,11,13H,7,10H2,1-2H3,(H,20,21). The van der Waals surface area contributed by atoms with Gasteiger partial charge in [0.05, 0.1) is 24.4 Å². The number of carbonyl (C=O) groups is 1. The van der Waals surface area contributed by atoms with Crippen molar-refractivity contribution in [3.05, 3.63) is 54.1 Å². The van der Waals surface area contributed by atoms with E-state index in [-0.39, 0.29) is 12.5 Å². The molecule has 0 saturated heterocycles. The predicted octanol–water partition coefficient (Wildman–Crippen LogP) is 2.83. The Kier molecular flexibility index (Phi) is 4.87. The molecule has 0 amide bonds. The van der Waals surface area contributed by atoms with E-state index in [0.717, 1.165) is 16.9 Å².